The second kappa shape index (κ2) is 4.97. The first kappa shape index (κ1) is 12.1. The molecule has 0 saturated heterocycles. The molecule has 1 unspecified atom stereocenters. The molecule has 0 radical (unpaired) electrons. The Hall–Kier alpha value is -1.90. The first-order valence-electron chi connectivity index (χ1n) is 3.85. The third kappa shape index (κ3) is 2.86. The summed E-state index contributed by atoms with van der Waals surface area (Å²) in [5, 5.41) is 19.4. The Morgan fingerprint density at radius 3 is 2.50 bits per heavy atom. The number of carboxylic acids is 1. The van der Waals surface area contributed by atoms with E-state index in [1.807, 2.05) is 5.32 Å². The predicted octanol–water partition coefficient (Wildman–Crippen LogP) is -0.551. The van der Waals surface area contributed by atoms with E-state index in [1.54, 1.807) is 0 Å². The van der Waals surface area contributed by atoms with E-state index in [0.717, 1.165) is 6.92 Å². The van der Waals surface area contributed by atoms with Gasteiger partial charge in [0.25, 0.3) is 0 Å². The molecule has 14 heavy (non-hydrogen) atoms. The standard InChI is InChI=1S/C8H10N2O4/c1-6(12)10-8(5-9,7(13)14)3-2-4-11/h4H,2-3H2,1H3,(H,10,12)(H,13,14). The molecule has 6 heteroatoms. The number of amides is 1. The van der Waals surface area contributed by atoms with E-state index in [4.69, 9.17) is 10.4 Å². The molecule has 0 saturated carbocycles. The Kier molecular flexibility index (Phi) is 4.29. The van der Waals surface area contributed by atoms with Crippen molar-refractivity contribution in [3.05, 3.63) is 0 Å². The first-order chi connectivity index (χ1) is 6.48. The Labute approximate surface area is 80.5 Å². The topological polar surface area (TPSA) is 107 Å². The second-order valence-electron chi connectivity index (χ2n) is 2.71. The van der Waals surface area contributed by atoms with Gasteiger partial charge in [0, 0.05) is 19.8 Å². The number of nitrogens with one attached hydrogen (secondary N) is 1. The summed E-state index contributed by atoms with van der Waals surface area (Å²) < 4.78 is 0. The molecule has 0 rings (SSSR count). The molecule has 0 spiro atoms. The zero-order chi connectivity index (χ0) is 11.2. The number of aliphatic carboxylic acids is 1. The van der Waals surface area contributed by atoms with Gasteiger partial charge in [0.2, 0.25) is 11.4 Å². The smallest absolute Gasteiger partial charge is 0.344 e. The summed E-state index contributed by atoms with van der Waals surface area (Å²) >= 11 is 0. The van der Waals surface area contributed by atoms with Crippen LogP contribution in [0.5, 0.6) is 0 Å². The number of hydrogen-bond donors (Lipinski definition) is 2. The summed E-state index contributed by atoms with van der Waals surface area (Å²) in [6, 6.07) is 1.49. The molecule has 0 aliphatic carbocycles. The molecule has 0 heterocycles. The minimum atomic E-state index is -1.99. The van der Waals surface area contributed by atoms with Crippen LogP contribution in [0.25, 0.3) is 0 Å². The van der Waals surface area contributed by atoms with Gasteiger partial charge in [-0.15, -0.1) is 0 Å². The third-order valence-corrected chi connectivity index (χ3v) is 1.58. The van der Waals surface area contributed by atoms with E-state index in [1.165, 1.54) is 6.07 Å². The van der Waals surface area contributed by atoms with Crippen LogP contribution in [-0.2, 0) is 14.4 Å². The molecule has 0 aliphatic rings. The van der Waals surface area contributed by atoms with Gasteiger partial charge in [0.15, 0.2) is 0 Å². The maximum absolute atomic E-state index is 10.7. The highest BCUT2D eigenvalue weighted by Gasteiger charge is 2.39. The van der Waals surface area contributed by atoms with Crippen molar-refractivity contribution < 1.29 is 19.5 Å². The molecule has 0 aromatic rings. The van der Waals surface area contributed by atoms with Gasteiger partial charge in [-0.3, -0.25) is 4.79 Å². The summed E-state index contributed by atoms with van der Waals surface area (Å²) in [7, 11) is 0. The van der Waals surface area contributed by atoms with E-state index in [0.29, 0.717) is 6.29 Å². The molecule has 0 aromatic heterocycles. The molecule has 0 bridgehead atoms. The highest BCUT2D eigenvalue weighted by molar-refractivity contribution is 5.89. The zero-order valence-electron chi connectivity index (χ0n) is 7.61. The average molecular weight is 198 g/mol. The van der Waals surface area contributed by atoms with E-state index >= 15 is 0 Å². The van der Waals surface area contributed by atoms with E-state index in [2.05, 4.69) is 0 Å². The highest BCUT2D eigenvalue weighted by atomic mass is 16.4. The number of rotatable bonds is 5. The van der Waals surface area contributed by atoms with Crippen molar-refractivity contribution in [3.8, 4) is 6.07 Å². The lowest BCUT2D eigenvalue weighted by atomic mass is 9.95. The molecule has 6 nitrogen and oxygen atoms in total. The van der Waals surface area contributed by atoms with Crippen molar-refractivity contribution in [1.29, 1.82) is 5.26 Å². The van der Waals surface area contributed by atoms with Gasteiger partial charge in [-0.2, -0.15) is 5.26 Å². The van der Waals surface area contributed by atoms with Gasteiger partial charge in [-0.25, -0.2) is 4.79 Å². The molecular weight excluding hydrogens is 188 g/mol. The number of nitrogens with zero attached hydrogens (tertiary/aromatic N) is 1. The number of hydrogen-bond acceptors (Lipinski definition) is 4. The van der Waals surface area contributed by atoms with Crippen LogP contribution in [0, 0.1) is 11.3 Å². The average Bonchev–Trinajstić information content (AvgIpc) is 2.11. The summed E-state index contributed by atoms with van der Waals surface area (Å²) in [4.78, 5) is 31.5. The van der Waals surface area contributed by atoms with E-state index in [9.17, 15) is 14.4 Å². The molecular formula is C8H10N2O4. The van der Waals surface area contributed by atoms with Crippen LogP contribution in [0.2, 0.25) is 0 Å². The molecule has 1 atom stereocenters. The predicted molar refractivity (Wildman–Crippen MR) is 45.1 cm³/mol. The van der Waals surface area contributed by atoms with Crippen LogP contribution in [0.3, 0.4) is 0 Å². The largest absolute Gasteiger partial charge is 0.479 e. The Bertz CT molecular complexity index is 294. The number of aldehydes is 1. The molecule has 0 aliphatic heterocycles. The molecule has 0 fully saturated rings. The van der Waals surface area contributed by atoms with Gasteiger partial charge < -0.3 is 15.2 Å². The van der Waals surface area contributed by atoms with Gasteiger partial charge in [-0.1, -0.05) is 0 Å². The lowest BCUT2D eigenvalue weighted by molar-refractivity contribution is -0.145. The Morgan fingerprint density at radius 2 is 2.21 bits per heavy atom. The maximum atomic E-state index is 10.7. The van der Waals surface area contributed by atoms with Crippen LogP contribution in [-0.4, -0.2) is 28.8 Å². The monoisotopic (exact) mass is 198 g/mol. The summed E-state index contributed by atoms with van der Waals surface area (Å²) in [5.74, 6) is -2.09. The quantitative estimate of drug-likeness (QED) is 0.576. The Morgan fingerprint density at radius 1 is 1.64 bits per heavy atom. The lowest BCUT2D eigenvalue weighted by Crippen LogP contribution is -2.52. The van der Waals surface area contributed by atoms with Gasteiger partial charge in [0.1, 0.15) is 12.4 Å². The SMILES string of the molecule is CC(=O)NC(C#N)(CCC=O)C(=O)O. The number of carbonyl (C=O) groups excluding carboxylic acids is 2. The normalized spacial score (nSPS) is 13.4. The van der Waals surface area contributed by atoms with Gasteiger partial charge in [-0.05, 0) is 0 Å². The minimum Gasteiger partial charge on any atom is -0.479 e. The molecule has 0 aromatic carbocycles. The van der Waals surface area contributed by atoms with Crippen molar-refractivity contribution in [2.24, 2.45) is 0 Å². The fourth-order valence-electron chi connectivity index (χ4n) is 0.931. The highest BCUT2D eigenvalue weighted by Crippen LogP contribution is 2.11. The van der Waals surface area contributed by atoms with Gasteiger partial charge >= 0.3 is 5.97 Å². The molecule has 1 amide bonds. The molecule has 76 valence electrons. The van der Waals surface area contributed by atoms with Crippen LogP contribution in [0.1, 0.15) is 19.8 Å². The van der Waals surface area contributed by atoms with Gasteiger partial charge in [0.05, 0.1) is 0 Å². The van der Waals surface area contributed by atoms with Crippen LogP contribution < -0.4 is 5.32 Å². The summed E-state index contributed by atoms with van der Waals surface area (Å²) in [6.07, 6.45) is 0.166. The zero-order valence-corrected chi connectivity index (χ0v) is 7.61. The first-order valence-corrected chi connectivity index (χ1v) is 3.85. The lowest BCUT2D eigenvalue weighted by Gasteiger charge is -2.21. The number of carbonyl (C=O) groups is 3. The Balaban J connectivity index is 4.80. The summed E-state index contributed by atoms with van der Waals surface area (Å²) in [5.41, 5.74) is -1.99. The van der Waals surface area contributed by atoms with Crippen molar-refractivity contribution in [1.82, 2.24) is 5.32 Å². The molecule has 2 N–H and O–H groups in total. The second-order valence-corrected chi connectivity index (χ2v) is 2.71. The maximum Gasteiger partial charge on any atom is 0.344 e. The van der Waals surface area contributed by atoms with Crippen molar-refractivity contribution in [2.75, 3.05) is 0 Å². The van der Waals surface area contributed by atoms with Crippen molar-refractivity contribution >= 4 is 18.2 Å². The summed E-state index contributed by atoms with van der Waals surface area (Å²) in [6.45, 7) is 1.11. The van der Waals surface area contributed by atoms with Crippen molar-refractivity contribution in [3.63, 3.8) is 0 Å². The fraction of sp³-hybridized carbons (Fsp3) is 0.500. The van der Waals surface area contributed by atoms with E-state index in [-0.39, 0.29) is 12.8 Å². The number of carboxylic acid groups (broad SMARTS) is 1. The van der Waals surface area contributed by atoms with Crippen molar-refractivity contribution in [2.45, 2.75) is 25.3 Å². The minimum absolute atomic E-state index is 0.0971. The van der Waals surface area contributed by atoms with Crippen LogP contribution >= 0.6 is 0 Å². The van der Waals surface area contributed by atoms with E-state index < -0.39 is 17.4 Å². The van der Waals surface area contributed by atoms with Crippen LogP contribution in [0.4, 0.5) is 0 Å². The number of nitriles is 1. The fourth-order valence-corrected chi connectivity index (χ4v) is 0.931. The van der Waals surface area contributed by atoms with Crippen LogP contribution in [0.15, 0.2) is 0 Å². The third-order valence-electron chi connectivity index (χ3n) is 1.58.